The van der Waals surface area contributed by atoms with Gasteiger partial charge in [-0.1, -0.05) is 0 Å². The van der Waals surface area contributed by atoms with Gasteiger partial charge in [-0.05, 0) is 44.3 Å². The van der Waals surface area contributed by atoms with Crippen LogP contribution in [0.3, 0.4) is 0 Å². The van der Waals surface area contributed by atoms with E-state index in [9.17, 15) is 9.59 Å². The predicted octanol–water partition coefficient (Wildman–Crippen LogP) is 1.80. The first-order valence-corrected chi connectivity index (χ1v) is 8.40. The highest BCUT2D eigenvalue weighted by Crippen LogP contribution is 2.38. The second-order valence-electron chi connectivity index (χ2n) is 6.29. The Balaban J connectivity index is 2.14. The van der Waals surface area contributed by atoms with Crippen LogP contribution in [0.4, 0.5) is 0 Å². The minimum Gasteiger partial charge on any atom is -0.493 e. The fourth-order valence-corrected chi connectivity index (χ4v) is 2.95. The number of hydrogen-bond donors (Lipinski definition) is 0. The minimum absolute atomic E-state index is 0.144. The van der Waals surface area contributed by atoms with Crippen molar-refractivity contribution >= 4 is 17.9 Å². The normalized spacial score (nSPS) is 17.7. The van der Waals surface area contributed by atoms with Crippen LogP contribution in [-0.4, -0.2) is 69.6 Å². The number of piperidine rings is 1. The lowest BCUT2D eigenvalue weighted by molar-refractivity contribution is -0.145. The molecule has 2 amide bonds. The second-order valence-corrected chi connectivity index (χ2v) is 6.29. The molecule has 0 radical (unpaired) electrons. The van der Waals surface area contributed by atoms with Gasteiger partial charge in [0, 0.05) is 25.1 Å². The van der Waals surface area contributed by atoms with E-state index in [1.54, 1.807) is 18.2 Å². The van der Waals surface area contributed by atoms with Crippen LogP contribution in [0.25, 0.3) is 6.08 Å². The summed E-state index contributed by atoms with van der Waals surface area (Å²) in [5.41, 5.74) is 0.712. The molecule has 26 heavy (non-hydrogen) atoms. The molecule has 0 N–H and O–H groups in total. The van der Waals surface area contributed by atoms with E-state index >= 15 is 0 Å². The Kier molecular flexibility index (Phi) is 6.63. The molecule has 1 atom stereocenters. The van der Waals surface area contributed by atoms with Crippen molar-refractivity contribution in [3.05, 3.63) is 23.8 Å². The number of methoxy groups -OCH3 is 3. The topological polar surface area (TPSA) is 68.3 Å². The highest BCUT2D eigenvalue weighted by molar-refractivity contribution is 6.03. The molecule has 0 saturated carbocycles. The lowest BCUT2D eigenvalue weighted by Gasteiger charge is -2.33. The Hall–Kier alpha value is -2.54. The standard InChI is InChI=1S/C19H26N2O5/c1-20(2)14-8-9-21(18(23)12-14)17(22)7-6-13-10-15(24-3)19(26-5)16(11-13)25-4/h6-7,10-11,14H,8-9,12H2,1-5H3/b7-6+. The highest BCUT2D eigenvalue weighted by Gasteiger charge is 2.29. The van der Waals surface area contributed by atoms with Crippen molar-refractivity contribution in [1.29, 1.82) is 0 Å². The third kappa shape index (κ3) is 4.35. The summed E-state index contributed by atoms with van der Waals surface area (Å²) in [6.07, 6.45) is 4.17. The minimum atomic E-state index is -0.319. The van der Waals surface area contributed by atoms with Crippen molar-refractivity contribution in [3.8, 4) is 17.2 Å². The van der Waals surface area contributed by atoms with Crippen molar-refractivity contribution < 1.29 is 23.8 Å². The van der Waals surface area contributed by atoms with Crippen molar-refractivity contribution in [3.63, 3.8) is 0 Å². The van der Waals surface area contributed by atoms with E-state index in [0.29, 0.717) is 35.8 Å². The zero-order valence-corrected chi connectivity index (χ0v) is 15.9. The van der Waals surface area contributed by atoms with Crippen LogP contribution in [0.2, 0.25) is 0 Å². The molecule has 1 aliphatic heterocycles. The summed E-state index contributed by atoms with van der Waals surface area (Å²) in [5.74, 6) is 1.03. The largest absolute Gasteiger partial charge is 0.493 e. The third-order valence-electron chi connectivity index (χ3n) is 4.50. The fourth-order valence-electron chi connectivity index (χ4n) is 2.95. The molecular formula is C19H26N2O5. The van der Waals surface area contributed by atoms with E-state index in [-0.39, 0.29) is 17.9 Å². The first-order chi connectivity index (χ1) is 12.4. The van der Waals surface area contributed by atoms with Gasteiger partial charge in [0.05, 0.1) is 21.3 Å². The summed E-state index contributed by atoms with van der Waals surface area (Å²) >= 11 is 0. The SMILES string of the molecule is COc1cc(/C=C/C(=O)N2CCC(N(C)C)CC2=O)cc(OC)c1OC. The Labute approximate surface area is 154 Å². The number of carbonyl (C=O) groups is 2. The summed E-state index contributed by atoms with van der Waals surface area (Å²) < 4.78 is 15.9. The number of benzene rings is 1. The molecular weight excluding hydrogens is 336 g/mol. The monoisotopic (exact) mass is 362 g/mol. The Morgan fingerprint density at radius 3 is 2.23 bits per heavy atom. The van der Waals surface area contributed by atoms with Crippen molar-refractivity contribution in [2.24, 2.45) is 0 Å². The average Bonchev–Trinajstić information content (AvgIpc) is 2.64. The lowest BCUT2D eigenvalue weighted by Crippen LogP contribution is -2.47. The van der Waals surface area contributed by atoms with Crippen molar-refractivity contribution in [1.82, 2.24) is 9.80 Å². The van der Waals surface area contributed by atoms with Gasteiger partial charge in [0.1, 0.15) is 0 Å². The predicted molar refractivity (Wildman–Crippen MR) is 98.6 cm³/mol. The van der Waals surface area contributed by atoms with Gasteiger partial charge >= 0.3 is 0 Å². The smallest absolute Gasteiger partial charge is 0.253 e. The number of imide groups is 1. The van der Waals surface area contributed by atoms with Crippen LogP contribution in [0.15, 0.2) is 18.2 Å². The van der Waals surface area contributed by atoms with Gasteiger partial charge < -0.3 is 19.1 Å². The molecule has 1 fully saturated rings. The lowest BCUT2D eigenvalue weighted by atomic mass is 10.0. The van der Waals surface area contributed by atoms with Gasteiger partial charge in [-0.15, -0.1) is 0 Å². The summed E-state index contributed by atoms with van der Waals surface area (Å²) in [6.45, 7) is 0.431. The zero-order valence-electron chi connectivity index (χ0n) is 15.9. The van der Waals surface area contributed by atoms with Gasteiger partial charge in [-0.25, -0.2) is 0 Å². The second kappa shape index (κ2) is 8.71. The fraction of sp³-hybridized carbons (Fsp3) is 0.474. The van der Waals surface area contributed by atoms with Gasteiger partial charge in [0.15, 0.2) is 11.5 Å². The zero-order chi connectivity index (χ0) is 19.3. The van der Waals surface area contributed by atoms with E-state index < -0.39 is 0 Å². The summed E-state index contributed by atoms with van der Waals surface area (Å²) in [7, 11) is 8.48. The summed E-state index contributed by atoms with van der Waals surface area (Å²) in [6, 6.07) is 3.67. The number of nitrogens with zero attached hydrogens (tertiary/aromatic N) is 2. The Morgan fingerprint density at radius 2 is 1.77 bits per heavy atom. The third-order valence-corrected chi connectivity index (χ3v) is 4.50. The number of rotatable bonds is 6. The van der Waals surface area contributed by atoms with Crippen LogP contribution in [0.5, 0.6) is 17.2 Å². The van der Waals surface area contributed by atoms with E-state index in [4.69, 9.17) is 14.2 Å². The first kappa shape index (κ1) is 19.8. The molecule has 0 bridgehead atoms. The Morgan fingerprint density at radius 1 is 1.15 bits per heavy atom. The molecule has 142 valence electrons. The summed E-state index contributed by atoms with van der Waals surface area (Å²) in [4.78, 5) is 28.0. The molecule has 1 heterocycles. The van der Waals surface area contributed by atoms with E-state index in [1.807, 2.05) is 19.0 Å². The van der Waals surface area contributed by atoms with Gasteiger partial charge in [0.25, 0.3) is 5.91 Å². The Bertz CT molecular complexity index is 674. The molecule has 1 aromatic carbocycles. The maximum absolute atomic E-state index is 12.4. The van der Waals surface area contributed by atoms with Gasteiger partial charge in [0.2, 0.25) is 11.7 Å². The van der Waals surface area contributed by atoms with Crippen LogP contribution in [0, 0.1) is 0 Å². The number of amides is 2. The number of likely N-dealkylation sites (tertiary alicyclic amines) is 1. The van der Waals surface area contributed by atoms with Crippen molar-refractivity contribution in [2.45, 2.75) is 18.9 Å². The van der Waals surface area contributed by atoms with E-state index in [0.717, 1.165) is 6.42 Å². The van der Waals surface area contributed by atoms with Crippen LogP contribution in [-0.2, 0) is 9.59 Å². The molecule has 1 saturated heterocycles. The molecule has 1 aromatic rings. The first-order valence-electron chi connectivity index (χ1n) is 8.40. The molecule has 1 unspecified atom stereocenters. The van der Waals surface area contributed by atoms with Crippen LogP contribution < -0.4 is 14.2 Å². The number of hydrogen-bond acceptors (Lipinski definition) is 6. The number of ether oxygens (including phenoxy) is 3. The molecule has 7 heteroatoms. The van der Waals surface area contributed by atoms with Crippen LogP contribution >= 0.6 is 0 Å². The molecule has 7 nitrogen and oxygen atoms in total. The maximum Gasteiger partial charge on any atom is 0.253 e. The molecule has 1 aliphatic rings. The van der Waals surface area contributed by atoms with E-state index in [2.05, 4.69) is 0 Å². The molecule has 0 spiro atoms. The van der Waals surface area contributed by atoms with E-state index in [1.165, 1.54) is 32.3 Å². The average molecular weight is 362 g/mol. The highest BCUT2D eigenvalue weighted by atomic mass is 16.5. The van der Waals surface area contributed by atoms with Gasteiger partial charge in [-0.3, -0.25) is 14.5 Å². The quantitative estimate of drug-likeness (QED) is 0.719. The maximum atomic E-state index is 12.4. The van der Waals surface area contributed by atoms with Gasteiger partial charge in [-0.2, -0.15) is 0 Å². The number of carbonyl (C=O) groups excluding carboxylic acids is 2. The molecule has 0 aliphatic carbocycles. The molecule has 2 rings (SSSR count). The van der Waals surface area contributed by atoms with Crippen LogP contribution in [0.1, 0.15) is 18.4 Å². The molecule has 0 aromatic heterocycles. The van der Waals surface area contributed by atoms with Crippen molar-refractivity contribution in [2.75, 3.05) is 42.0 Å². The summed E-state index contributed by atoms with van der Waals surface area (Å²) in [5, 5.41) is 0.